The lowest BCUT2D eigenvalue weighted by atomic mass is 10.1. The quantitative estimate of drug-likeness (QED) is 0.732. The molecule has 0 saturated carbocycles. The first-order chi connectivity index (χ1) is 12.2. The molecule has 2 aromatic carbocycles. The standard InChI is InChI=1S/C20H19N5/c21-14-16-12-15-13-17(22)6-7-19(15)23-20(16)25-10-8-24(9-11-25)18-4-2-1-3-5-18/h1-7,12-13H,8-11,22H2. The molecule has 5 nitrogen and oxygen atoms in total. The number of nitrogen functional groups attached to an aromatic ring is 1. The molecule has 2 heterocycles. The van der Waals surface area contributed by atoms with Crippen LogP contribution in [-0.4, -0.2) is 31.2 Å². The van der Waals surface area contributed by atoms with Crippen molar-refractivity contribution in [2.75, 3.05) is 41.7 Å². The van der Waals surface area contributed by atoms with Gasteiger partial charge < -0.3 is 15.5 Å². The summed E-state index contributed by atoms with van der Waals surface area (Å²) >= 11 is 0. The highest BCUT2D eigenvalue weighted by molar-refractivity contribution is 5.85. The number of rotatable bonds is 2. The summed E-state index contributed by atoms with van der Waals surface area (Å²) in [5, 5.41) is 10.5. The highest BCUT2D eigenvalue weighted by Gasteiger charge is 2.21. The minimum atomic E-state index is 0.603. The van der Waals surface area contributed by atoms with E-state index in [0.717, 1.165) is 42.9 Å². The van der Waals surface area contributed by atoms with Crippen LogP contribution in [0.15, 0.2) is 54.6 Å². The summed E-state index contributed by atoms with van der Waals surface area (Å²) in [5.74, 6) is 0.771. The maximum absolute atomic E-state index is 9.55. The lowest BCUT2D eigenvalue weighted by Crippen LogP contribution is -2.47. The molecule has 1 aliphatic heterocycles. The first-order valence-corrected chi connectivity index (χ1v) is 8.40. The summed E-state index contributed by atoms with van der Waals surface area (Å²) in [6, 6.07) is 20.2. The first kappa shape index (κ1) is 15.3. The van der Waals surface area contributed by atoms with Crippen LogP contribution in [0.2, 0.25) is 0 Å². The molecule has 1 aliphatic rings. The van der Waals surface area contributed by atoms with Gasteiger partial charge in [0.25, 0.3) is 0 Å². The summed E-state index contributed by atoms with van der Waals surface area (Å²) in [5.41, 5.74) is 9.24. The summed E-state index contributed by atoms with van der Waals surface area (Å²) < 4.78 is 0. The van der Waals surface area contributed by atoms with Gasteiger partial charge in [-0.1, -0.05) is 18.2 Å². The van der Waals surface area contributed by atoms with Gasteiger partial charge in [-0.2, -0.15) is 5.26 Å². The zero-order valence-corrected chi connectivity index (χ0v) is 13.9. The molecule has 1 aromatic heterocycles. The van der Waals surface area contributed by atoms with Crippen molar-refractivity contribution in [1.82, 2.24) is 4.98 Å². The largest absolute Gasteiger partial charge is 0.399 e. The molecule has 0 atom stereocenters. The van der Waals surface area contributed by atoms with Crippen LogP contribution >= 0.6 is 0 Å². The fourth-order valence-electron chi connectivity index (χ4n) is 3.32. The third kappa shape index (κ3) is 2.94. The molecule has 0 amide bonds. The molecule has 3 aromatic rings. The van der Waals surface area contributed by atoms with E-state index in [4.69, 9.17) is 10.7 Å². The minimum absolute atomic E-state index is 0.603. The van der Waals surface area contributed by atoms with Gasteiger partial charge >= 0.3 is 0 Å². The van der Waals surface area contributed by atoms with Crippen LogP contribution in [0.3, 0.4) is 0 Å². The Kier molecular flexibility index (Phi) is 3.87. The fraction of sp³-hybridized carbons (Fsp3) is 0.200. The molecule has 0 bridgehead atoms. The smallest absolute Gasteiger partial charge is 0.147 e. The van der Waals surface area contributed by atoms with E-state index < -0.39 is 0 Å². The predicted molar refractivity (Wildman–Crippen MR) is 102 cm³/mol. The Morgan fingerprint density at radius 1 is 0.920 bits per heavy atom. The van der Waals surface area contributed by atoms with Crippen LogP contribution in [0.5, 0.6) is 0 Å². The maximum Gasteiger partial charge on any atom is 0.147 e. The Morgan fingerprint density at radius 2 is 1.64 bits per heavy atom. The number of fused-ring (bicyclic) bond motifs is 1. The zero-order chi connectivity index (χ0) is 17.2. The lowest BCUT2D eigenvalue weighted by Gasteiger charge is -2.37. The van der Waals surface area contributed by atoms with Crippen LogP contribution in [0.4, 0.5) is 17.2 Å². The first-order valence-electron chi connectivity index (χ1n) is 8.40. The average Bonchev–Trinajstić information content (AvgIpc) is 2.67. The number of nitrogens with two attached hydrogens (primary N) is 1. The number of anilines is 3. The molecule has 0 radical (unpaired) electrons. The second kappa shape index (κ2) is 6.33. The van der Waals surface area contributed by atoms with Crippen LogP contribution in [0, 0.1) is 11.3 Å². The second-order valence-corrected chi connectivity index (χ2v) is 6.23. The molecule has 1 fully saturated rings. The van der Waals surface area contributed by atoms with Gasteiger partial charge in [-0.05, 0) is 36.4 Å². The van der Waals surface area contributed by atoms with Crippen molar-refractivity contribution in [1.29, 1.82) is 5.26 Å². The SMILES string of the molecule is N#Cc1cc2cc(N)ccc2nc1N1CCN(c2ccccc2)CC1. The third-order valence-corrected chi connectivity index (χ3v) is 4.64. The molecule has 5 heteroatoms. The molecule has 124 valence electrons. The zero-order valence-electron chi connectivity index (χ0n) is 13.9. The van der Waals surface area contributed by atoms with Crippen LogP contribution in [0.25, 0.3) is 10.9 Å². The van der Waals surface area contributed by atoms with Crippen molar-refractivity contribution in [3.8, 4) is 6.07 Å². The number of pyridine rings is 1. The number of hydrogen-bond acceptors (Lipinski definition) is 5. The van der Waals surface area contributed by atoms with E-state index in [1.807, 2.05) is 30.3 Å². The topological polar surface area (TPSA) is 69.2 Å². The molecule has 4 rings (SSSR count). The van der Waals surface area contributed by atoms with Gasteiger partial charge in [-0.25, -0.2) is 4.98 Å². The summed E-state index contributed by atoms with van der Waals surface area (Å²) in [6.07, 6.45) is 0. The number of para-hydroxylation sites is 1. The van der Waals surface area contributed by atoms with Gasteiger partial charge in [-0.15, -0.1) is 0 Å². The van der Waals surface area contributed by atoms with Gasteiger partial charge in [-0.3, -0.25) is 0 Å². The van der Waals surface area contributed by atoms with E-state index in [-0.39, 0.29) is 0 Å². The van der Waals surface area contributed by atoms with Crippen molar-refractivity contribution in [2.45, 2.75) is 0 Å². The Hall–Kier alpha value is -3.26. The van der Waals surface area contributed by atoms with Crippen LogP contribution in [-0.2, 0) is 0 Å². The molecule has 0 aliphatic carbocycles. The average molecular weight is 329 g/mol. The summed E-state index contributed by atoms with van der Waals surface area (Å²) in [4.78, 5) is 9.31. The number of nitrogens with zero attached hydrogens (tertiary/aromatic N) is 4. The van der Waals surface area contributed by atoms with E-state index in [2.05, 4.69) is 40.1 Å². The van der Waals surface area contributed by atoms with Gasteiger partial charge in [0.15, 0.2) is 0 Å². The number of nitriles is 1. The van der Waals surface area contributed by atoms with E-state index in [1.165, 1.54) is 5.69 Å². The Morgan fingerprint density at radius 3 is 2.36 bits per heavy atom. The van der Waals surface area contributed by atoms with Gasteiger partial charge in [0.05, 0.1) is 11.1 Å². The van der Waals surface area contributed by atoms with Gasteiger partial charge in [0.1, 0.15) is 11.9 Å². The maximum atomic E-state index is 9.55. The summed E-state index contributed by atoms with van der Waals surface area (Å²) in [6.45, 7) is 3.51. The van der Waals surface area contributed by atoms with Crippen LogP contribution in [0.1, 0.15) is 5.56 Å². The molecular formula is C20H19N5. The van der Waals surface area contributed by atoms with Crippen LogP contribution < -0.4 is 15.5 Å². The van der Waals surface area contributed by atoms with E-state index in [1.54, 1.807) is 0 Å². The Balaban J connectivity index is 1.60. The van der Waals surface area contributed by atoms with Gasteiger partial charge in [0.2, 0.25) is 0 Å². The van der Waals surface area contributed by atoms with Gasteiger partial charge in [0, 0.05) is 42.9 Å². The molecule has 0 unspecified atom stereocenters. The number of piperazine rings is 1. The van der Waals surface area contributed by atoms with Crippen molar-refractivity contribution >= 4 is 28.1 Å². The number of aromatic nitrogens is 1. The van der Waals surface area contributed by atoms with Crippen molar-refractivity contribution in [3.05, 3.63) is 60.2 Å². The fourth-order valence-corrected chi connectivity index (χ4v) is 3.32. The highest BCUT2D eigenvalue weighted by atomic mass is 15.3. The van der Waals surface area contributed by atoms with E-state index >= 15 is 0 Å². The molecule has 25 heavy (non-hydrogen) atoms. The lowest BCUT2D eigenvalue weighted by molar-refractivity contribution is 0.648. The Bertz CT molecular complexity index is 937. The van der Waals surface area contributed by atoms with Crippen molar-refractivity contribution < 1.29 is 0 Å². The summed E-state index contributed by atoms with van der Waals surface area (Å²) in [7, 11) is 0. The predicted octanol–water partition coefficient (Wildman–Crippen LogP) is 3.02. The van der Waals surface area contributed by atoms with E-state index in [0.29, 0.717) is 11.3 Å². The molecule has 0 spiro atoms. The normalized spacial score (nSPS) is 14.5. The van der Waals surface area contributed by atoms with E-state index in [9.17, 15) is 5.26 Å². The minimum Gasteiger partial charge on any atom is -0.399 e. The monoisotopic (exact) mass is 329 g/mol. The van der Waals surface area contributed by atoms with Crippen molar-refractivity contribution in [2.24, 2.45) is 0 Å². The highest BCUT2D eigenvalue weighted by Crippen LogP contribution is 2.26. The molecule has 2 N–H and O–H groups in total. The Labute approximate surface area is 146 Å². The molecule has 1 saturated heterocycles. The second-order valence-electron chi connectivity index (χ2n) is 6.23. The number of benzene rings is 2. The number of hydrogen-bond donors (Lipinski definition) is 1. The van der Waals surface area contributed by atoms with Crippen molar-refractivity contribution in [3.63, 3.8) is 0 Å². The third-order valence-electron chi connectivity index (χ3n) is 4.64. The molecular weight excluding hydrogens is 310 g/mol.